The molecule has 2 aromatic carbocycles. The van der Waals surface area contributed by atoms with Gasteiger partial charge in [0, 0.05) is 30.0 Å². The molecular formula is C25H24ClN7O2S. The van der Waals surface area contributed by atoms with Gasteiger partial charge in [-0.15, -0.1) is 5.10 Å². The lowest BCUT2D eigenvalue weighted by Gasteiger charge is -2.15. The summed E-state index contributed by atoms with van der Waals surface area (Å²) in [5.74, 6) is -0.516. The fourth-order valence-corrected chi connectivity index (χ4v) is 4.51. The Morgan fingerprint density at radius 3 is 2.67 bits per heavy atom. The average Bonchev–Trinajstić information content (AvgIpc) is 3.20. The molecule has 0 fully saturated rings. The van der Waals surface area contributed by atoms with Crippen LogP contribution in [0.5, 0.6) is 0 Å². The maximum Gasteiger partial charge on any atom is 0.264 e. The van der Waals surface area contributed by atoms with Crippen molar-refractivity contribution in [2.75, 3.05) is 16.7 Å². The molecule has 184 valence electrons. The van der Waals surface area contributed by atoms with Gasteiger partial charge in [-0.1, -0.05) is 48.7 Å². The van der Waals surface area contributed by atoms with Gasteiger partial charge in [0.15, 0.2) is 11.5 Å². The second-order valence-corrected chi connectivity index (χ2v) is 8.72. The molecule has 0 unspecified atom stereocenters. The van der Waals surface area contributed by atoms with Crippen molar-refractivity contribution in [1.82, 2.24) is 19.2 Å². The van der Waals surface area contributed by atoms with Crippen molar-refractivity contribution in [3.05, 3.63) is 93.6 Å². The van der Waals surface area contributed by atoms with Crippen LogP contribution in [-0.2, 0) is 6.42 Å². The highest BCUT2D eigenvalue weighted by atomic mass is 35.5. The Balaban J connectivity index is 0.000000197. The van der Waals surface area contributed by atoms with Crippen LogP contribution in [-0.4, -0.2) is 31.3 Å². The Bertz CT molecular complexity index is 1630. The molecule has 0 saturated heterocycles. The summed E-state index contributed by atoms with van der Waals surface area (Å²) in [6, 6.07) is 17.1. The number of carbonyl (C=O) groups excluding carboxylic acids is 1. The van der Waals surface area contributed by atoms with Gasteiger partial charge in [0.2, 0.25) is 0 Å². The second kappa shape index (κ2) is 10.7. The van der Waals surface area contributed by atoms with Gasteiger partial charge in [-0.2, -0.15) is 0 Å². The quantitative estimate of drug-likeness (QED) is 0.293. The number of nitrogens with two attached hydrogens (primary N) is 2. The van der Waals surface area contributed by atoms with Crippen LogP contribution in [0.1, 0.15) is 23.0 Å². The number of fused-ring (bicyclic) bond motifs is 2. The highest BCUT2D eigenvalue weighted by Gasteiger charge is 2.15. The van der Waals surface area contributed by atoms with Crippen LogP contribution in [0.25, 0.3) is 22.1 Å². The van der Waals surface area contributed by atoms with E-state index in [-0.39, 0.29) is 16.9 Å². The van der Waals surface area contributed by atoms with Gasteiger partial charge in [0.25, 0.3) is 11.5 Å². The third-order valence-electron chi connectivity index (χ3n) is 5.43. The highest BCUT2D eigenvalue weighted by molar-refractivity contribution is 7.99. The number of nitrogen functional groups attached to an aromatic ring is 1. The molecule has 3 aromatic heterocycles. The minimum atomic E-state index is -0.619. The maximum atomic E-state index is 13.1. The average molecular weight is 522 g/mol. The van der Waals surface area contributed by atoms with Gasteiger partial charge >= 0.3 is 0 Å². The van der Waals surface area contributed by atoms with E-state index < -0.39 is 5.91 Å². The third-order valence-corrected chi connectivity index (χ3v) is 6.18. The minimum absolute atomic E-state index is 0.0775. The minimum Gasteiger partial charge on any atom is -0.381 e. The molecule has 1 amide bonds. The van der Waals surface area contributed by atoms with E-state index in [2.05, 4.69) is 14.8 Å². The van der Waals surface area contributed by atoms with E-state index in [4.69, 9.17) is 23.1 Å². The number of pyridine rings is 1. The molecule has 36 heavy (non-hydrogen) atoms. The number of carbonyl (C=O) groups is 1. The number of hydrogen-bond donors (Lipinski definition) is 3. The van der Waals surface area contributed by atoms with Crippen LogP contribution in [0.4, 0.5) is 11.5 Å². The van der Waals surface area contributed by atoms with Crippen molar-refractivity contribution < 1.29 is 4.79 Å². The van der Waals surface area contributed by atoms with Crippen molar-refractivity contribution in [2.24, 2.45) is 5.73 Å². The van der Waals surface area contributed by atoms with E-state index in [1.165, 1.54) is 16.5 Å². The van der Waals surface area contributed by atoms with Crippen molar-refractivity contribution in [1.29, 1.82) is 0 Å². The predicted octanol–water partition coefficient (Wildman–Crippen LogP) is 4.31. The molecule has 5 N–H and O–H groups in total. The Morgan fingerprint density at radius 1 is 1.17 bits per heavy atom. The number of primary amides is 1. The normalized spacial score (nSPS) is 10.8. The number of nitrogens with one attached hydrogen (secondary N) is 1. The molecule has 11 heteroatoms. The SMILES string of the molecule is CCc1cc2cccc(Cl)c2c(=O)n1-c1cccc(NSC)c1.NC(=O)c1c(N)nn2cccnc12. The Hall–Kier alpha value is -4.02. The molecule has 0 spiro atoms. The van der Waals surface area contributed by atoms with Crippen LogP contribution in [0, 0.1) is 0 Å². The summed E-state index contributed by atoms with van der Waals surface area (Å²) in [4.78, 5) is 27.9. The molecule has 0 aliphatic heterocycles. The van der Waals surface area contributed by atoms with E-state index in [0.29, 0.717) is 16.1 Å². The number of benzene rings is 2. The summed E-state index contributed by atoms with van der Waals surface area (Å²) in [7, 11) is 0. The molecule has 5 rings (SSSR count). The van der Waals surface area contributed by atoms with Gasteiger partial charge in [0.05, 0.1) is 16.1 Å². The number of aromatic nitrogens is 4. The first-order chi connectivity index (χ1) is 17.3. The molecule has 0 saturated carbocycles. The summed E-state index contributed by atoms with van der Waals surface area (Å²) < 4.78 is 6.36. The highest BCUT2D eigenvalue weighted by Crippen LogP contribution is 2.24. The molecule has 0 radical (unpaired) electrons. The molecule has 5 aromatic rings. The summed E-state index contributed by atoms with van der Waals surface area (Å²) >= 11 is 7.79. The summed E-state index contributed by atoms with van der Waals surface area (Å²) in [5.41, 5.74) is 13.8. The molecule has 9 nitrogen and oxygen atoms in total. The summed E-state index contributed by atoms with van der Waals surface area (Å²) in [5, 5.41) is 5.80. The van der Waals surface area contributed by atoms with Crippen molar-refractivity contribution in [2.45, 2.75) is 13.3 Å². The molecule has 0 bridgehead atoms. The van der Waals surface area contributed by atoms with Crippen LogP contribution < -0.4 is 21.7 Å². The van der Waals surface area contributed by atoms with Crippen LogP contribution in [0.15, 0.2) is 71.8 Å². The first kappa shape index (κ1) is 25.1. The van der Waals surface area contributed by atoms with E-state index >= 15 is 0 Å². The molecule has 0 aliphatic carbocycles. The van der Waals surface area contributed by atoms with Crippen molar-refractivity contribution in [3.8, 4) is 5.69 Å². The van der Waals surface area contributed by atoms with E-state index in [0.717, 1.165) is 28.9 Å². The molecular weight excluding hydrogens is 498 g/mol. The second-order valence-electron chi connectivity index (χ2n) is 7.70. The van der Waals surface area contributed by atoms with Gasteiger partial charge in [-0.3, -0.25) is 14.2 Å². The fourth-order valence-electron chi connectivity index (χ4n) is 3.88. The number of anilines is 2. The van der Waals surface area contributed by atoms with E-state index in [9.17, 15) is 9.59 Å². The zero-order valence-corrected chi connectivity index (χ0v) is 21.2. The van der Waals surface area contributed by atoms with Gasteiger partial charge in [-0.25, -0.2) is 9.50 Å². The Kier molecular flexibility index (Phi) is 7.47. The van der Waals surface area contributed by atoms with Gasteiger partial charge < -0.3 is 16.2 Å². The van der Waals surface area contributed by atoms with Crippen molar-refractivity contribution in [3.63, 3.8) is 0 Å². The monoisotopic (exact) mass is 521 g/mol. The standard InChI is InChI=1S/C18H17ClN2OS.C7H7N5O/c1-3-14-10-12-6-4-9-16(19)17(12)18(22)21(14)15-8-5-7-13(11-15)20-23-2;8-5-4(6(9)13)7-10-2-1-3-12(7)11-5/h4-11,20H,3H2,1-2H3;1-3H,(H2,8,11)(H2,9,13). The predicted molar refractivity (Wildman–Crippen MR) is 147 cm³/mol. The lowest BCUT2D eigenvalue weighted by Crippen LogP contribution is -2.22. The zero-order chi connectivity index (χ0) is 25.8. The molecule has 0 aliphatic rings. The van der Waals surface area contributed by atoms with Crippen LogP contribution in [0.2, 0.25) is 5.02 Å². The number of amides is 1. The summed E-state index contributed by atoms with van der Waals surface area (Å²) in [6.45, 7) is 2.05. The van der Waals surface area contributed by atoms with Crippen LogP contribution >= 0.6 is 23.5 Å². The largest absolute Gasteiger partial charge is 0.381 e. The number of rotatable bonds is 5. The lowest BCUT2D eigenvalue weighted by atomic mass is 10.1. The number of halogens is 1. The smallest absolute Gasteiger partial charge is 0.264 e. The van der Waals surface area contributed by atoms with Gasteiger partial charge in [0.1, 0.15) is 5.56 Å². The summed E-state index contributed by atoms with van der Waals surface area (Å²) in [6.07, 6.45) is 5.91. The van der Waals surface area contributed by atoms with E-state index in [1.54, 1.807) is 29.1 Å². The first-order valence-electron chi connectivity index (χ1n) is 11.0. The maximum absolute atomic E-state index is 13.1. The first-order valence-corrected chi connectivity index (χ1v) is 12.6. The van der Waals surface area contributed by atoms with Crippen LogP contribution in [0.3, 0.4) is 0 Å². The number of hydrogen-bond acceptors (Lipinski definition) is 7. The fraction of sp³-hybridized carbons (Fsp3) is 0.120. The number of aryl methyl sites for hydroxylation is 1. The van der Waals surface area contributed by atoms with Gasteiger partial charge in [-0.05, 0) is 48.2 Å². The zero-order valence-electron chi connectivity index (χ0n) is 19.6. The lowest BCUT2D eigenvalue weighted by molar-refractivity contribution is 0.100. The number of nitrogens with zero attached hydrogens (tertiary/aromatic N) is 4. The molecule has 3 heterocycles. The third kappa shape index (κ3) is 4.86. The Morgan fingerprint density at radius 2 is 1.94 bits per heavy atom. The Labute approximate surface area is 216 Å². The molecule has 0 atom stereocenters. The van der Waals surface area contributed by atoms with E-state index in [1.807, 2.05) is 55.6 Å². The topological polar surface area (TPSA) is 133 Å². The van der Waals surface area contributed by atoms with Crippen molar-refractivity contribution >= 4 is 57.4 Å².